The number of carbonyl (C=O) groups is 2. The molecule has 6 nitrogen and oxygen atoms in total. The van der Waals surface area contributed by atoms with Crippen molar-refractivity contribution in [3.05, 3.63) is 71.8 Å². The van der Waals surface area contributed by atoms with Crippen molar-refractivity contribution >= 4 is 33.8 Å². The van der Waals surface area contributed by atoms with Gasteiger partial charge in [0, 0.05) is 23.6 Å². The maximum absolute atomic E-state index is 12.0. The molecule has 0 bridgehead atoms. The second kappa shape index (κ2) is 15.5. The Morgan fingerprint density at radius 2 is 1.09 bits per heavy atom. The minimum atomic E-state index is -0.402. The second-order valence-corrected chi connectivity index (χ2v) is 9.74. The van der Waals surface area contributed by atoms with Crippen molar-refractivity contribution < 1.29 is 19.1 Å². The predicted octanol–water partition coefficient (Wildman–Crippen LogP) is 5.78. The zero-order chi connectivity index (χ0) is 23.0. The standard InChI is InChI=1S/C24H32N2O4S2/c1-3-21(25-23(27)29-15-19-11-7-5-8-12-19)17-31-32-18-22(4-2)26-24(28)30-16-20-13-9-6-10-14-20/h5-14,21-22H,3-4,15-18H2,1-2H3,(H,25,27)(H,26,28)/t21-,22-/m0/s1. The van der Waals surface area contributed by atoms with Crippen LogP contribution in [0.4, 0.5) is 9.59 Å². The van der Waals surface area contributed by atoms with Crippen LogP contribution in [0.15, 0.2) is 60.7 Å². The molecule has 0 unspecified atom stereocenters. The molecule has 0 spiro atoms. The summed E-state index contributed by atoms with van der Waals surface area (Å²) in [5.41, 5.74) is 1.92. The zero-order valence-corrected chi connectivity index (χ0v) is 20.3. The van der Waals surface area contributed by atoms with E-state index in [0.717, 1.165) is 35.5 Å². The lowest BCUT2D eigenvalue weighted by Gasteiger charge is -2.18. The molecule has 174 valence electrons. The number of alkyl carbamates (subject to hydrolysis) is 2. The van der Waals surface area contributed by atoms with Crippen molar-refractivity contribution in [2.75, 3.05) is 11.5 Å². The highest BCUT2D eigenvalue weighted by Crippen LogP contribution is 2.24. The smallest absolute Gasteiger partial charge is 0.407 e. The van der Waals surface area contributed by atoms with Crippen LogP contribution in [0.5, 0.6) is 0 Å². The van der Waals surface area contributed by atoms with Gasteiger partial charge in [0.05, 0.1) is 0 Å². The largest absolute Gasteiger partial charge is 0.445 e. The Bertz CT molecular complexity index is 726. The molecule has 0 aromatic heterocycles. The molecular weight excluding hydrogens is 444 g/mol. The van der Waals surface area contributed by atoms with Gasteiger partial charge in [0.25, 0.3) is 0 Å². The first kappa shape index (κ1) is 25.9. The number of carbonyl (C=O) groups excluding carboxylic acids is 2. The van der Waals surface area contributed by atoms with Gasteiger partial charge >= 0.3 is 12.2 Å². The molecule has 8 heteroatoms. The summed E-state index contributed by atoms with van der Waals surface area (Å²) in [7, 11) is 3.36. The minimum absolute atomic E-state index is 0.0275. The van der Waals surface area contributed by atoms with Crippen LogP contribution in [-0.2, 0) is 22.7 Å². The summed E-state index contributed by atoms with van der Waals surface area (Å²) in [6.45, 7) is 4.59. The van der Waals surface area contributed by atoms with Gasteiger partial charge in [0.15, 0.2) is 0 Å². The van der Waals surface area contributed by atoms with E-state index in [1.54, 1.807) is 21.6 Å². The molecule has 0 heterocycles. The summed E-state index contributed by atoms with van der Waals surface area (Å²) in [5, 5.41) is 5.84. The molecule has 0 aliphatic carbocycles. The zero-order valence-electron chi connectivity index (χ0n) is 18.6. The topological polar surface area (TPSA) is 76.7 Å². The maximum Gasteiger partial charge on any atom is 0.407 e. The van der Waals surface area contributed by atoms with Crippen LogP contribution in [-0.4, -0.2) is 35.8 Å². The molecular formula is C24H32N2O4S2. The van der Waals surface area contributed by atoms with Crippen molar-refractivity contribution in [2.24, 2.45) is 0 Å². The predicted molar refractivity (Wildman–Crippen MR) is 133 cm³/mol. The third kappa shape index (κ3) is 10.8. The van der Waals surface area contributed by atoms with E-state index in [4.69, 9.17) is 9.47 Å². The SMILES string of the molecule is CC[C@@H](CSSC[C@H](CC)NC(=O)OCc1ccccc1)NC(=O)OCc1ccccc1. The van der Waals surface area contributed by atoms with Crippen LogP contribution >= 0.6 is 21.6 Å². The number of ether oxygens (including phenoxy) is 2. The molecule has 2 amide bonds. The number of hydrogen-bond donors (Lipinski definition) is 2. The Balaban J connectivity index is 1.60. The van der Waals surface area contributed by atoms with E-state index in [1.165, 1.54) is 0 Å². The molecule has 0 radical (unpaired) electrons. The normalized spacial score (nSPS) is 12.4. The minimum Gasteiger partial charge on any atom is -0.445 e. The lowest BCUT2D eigenvalue weighted by Crippen LogP contribution is -2.37. The highest BCUT2D eigenvalue weighted by atomic mass is 33.1. The van der Waals surface area contributed by atoms with E-state index < -0.39 is 12.2 Å². The molecule has 0 saturated heterocycles. The van der Waals surface area contributed by atoms with Gasteiger partial charge < -0.3 is 20.1 Å². The summed E-state index contributed by atoms with van der Waals surface area (Å²) < 4.78 is 10.6. The van der Waals surface area contributed by atoms with Gasteiger partial charge in [0.1, 0.15) is 13.2 Å². The molecule has 0 fully saturated rings. The van der Waals surface area contributed by atoms with E-state index in [2.05, 4.69) is 10.6 Å². The molecule has 0 aliphatic heterocycles. The molecule has 0 aliphatic rings. The monoisotopic (exact) mass is 476 g/mol. The van der Waals surface area contributed by atoms with Crippen molar-refractivity contribution in [3.8, 4) is 0 Å². The molecule has 0 saturated carbocycles. The van der Waals surface area contributed by atoms with Gasteiger partial charge in [-0.15, -0.1) is 0 Å². The Hall–Kier alpha value is -2.32. The fourth-order valence-corrected chi connectivity index (χ4v) is 5.37. The van der Waals surface area contributed by atoms with Gasteiger partial charge in [-0.2, -0.15) is 0 Å². The molecule has 2 aromatic carbocycles. The maximum atomic E-state index is 12.0. The van der Waals surface area contributed by atoms with Gasteiger partial charge in [-0.25, -0.2) is 9.59 Å². The number of nitrogens with one attached hydrogen (secondary N) is 2. The van der Waals surface area contributed by atoms with E-state index in [0.29, 0.717) is 0 Å². The molecule has 2 atom stereocenters. The van der Waals surface area contributed by atoms with Crippen molar-refractivity contribution in [1.82, 2.24) is 10.6 Å². The van der Waals surface area contributed by atoms with Crippen molar-refractivity contribution in [3.63, 3.8) is 0 Å². The fourth-order valence-electron chi connectivity index (χ4n) is 2.65. The number of benzene rings is 2. The first-order valence-electron chi connectivity index (χ1n) is 10.8. The second-order valence-electron chi connectivity index (χ2n) is 7.19. The van der Waals surface area contributed by atoms with Gasteiger partial charge in [-0.3, -0.25) is 0 Å². The lowest BCUT2D eigenvalue weighted by atomic mass is 10.2. The summed E-state index contributed by atoms with van der Waals surface area (Å²) in [6, 6.07) is 19.3. The van der Waals surface area contributed by atoms with Crippen LogP contribution < -0.4 is 10.6 Å². The van der Waals surface area contributed by atoms with Crippen LogP contribution in [0.25, 0.3) is 0 Å². The summed E-state index contributed by atoms with van der Waals surface area (Å²) in [4.78, 5) is 24.1. The van der Waals surface area contributed by atoms with E-state index in [1.807, 2.05) is 74.5 Å². The summed E-state index contributed by atoms with van der Waals surface area (Å²) in [6.07, 6.45) is 0.825. The van der Waals surface area contributed by atoms with Gasteiger partial charge in [-0.1, -0.05) is 96.1 Å². The Morgan fingerprint density at radius 1 is 0.719 bits per heavy atom. The number of amides is 2. The third-order valence-corrected chi connectivity index (χ3v) is 7.24. The van der Waals surface area contributed by atoms with Crippen molar-refractivity contribution in [1.29, 1.82) is 0 Å². The Morgan fingerprint density at radius 3 is 1.44 bits per heavy atom. The summed E-state index contributed by atoms with van der Waals surface area (Å²) >= 11 is 0. The number of hydrogen-bond acceptors (Lipinski definition) is 6. The van der Waals surface area contributed by atoms with E-state index in [-0.39, 0.29) is 25.3 Å². The number of rotatable bonds is 13. The fraction of sp³-hybridized carbons (Fsp3) is 0.417. The van der Waals surface area contributed by atoms with E-state index in [9.17, 15) is 9.59 Å². The lowest BCUT2D eigenvalue weighted by molar-refractivity contribution is 0.135. The van der Waals surface area contributed by atoms with Crippen molar-refractivity contribution in [2.45, 2.75) is 52.0 Å². The summed E-state index contributed by atoms with van der Waals surface area (Å²) in [5.74, 6) is 1.52. The molecule has 2 rings (SSSR count). The average Bonchev–Trinajstić information content (AvgIpc) is 2.83. The Kier molecular flexibility index (Phi) is 12.5. The first-order valence-corrected chi connectivity index (χ1v) is 13.3. The van der Waals surface area contributed by atoms with Crippen LogP contribution in [0.3, 0.4) is 0 Å². The van der Waals surface area contributed by atoms with Gasteiger partial charge in [0.2, 0.25) is 0 Å². The van der Waals surface area contributed by atoms with Crippen LogP contribution in [0.2, 0.25) is 0 Å². The third-order valence-electron chi connectivity index (χ3n) is 4.68. The molecule has 32 heavy (non-hydrogen) atoms. The molecule has 2 aromatic rings. The quantitative estimate of drug-likeness (QED) is 0.282. The molecule has 2 N–H and O–H groups in total. The van der Waals surface area contributed by atoms with E-state index >= 15 is 0 Å². The first-order chi connectivity index (χ1) is 15.6. The average molecular weight is 477 g/mol. The highest BCUT2D eigenvalue weighted by Gasteiger charge is 2.14. The Labute approximate surface area is 198 Å². The van der Waals surface area contributed by atoms with Crippen LogP contribution in [0.1, 0.15) is 37.8 Å². The van der Waals surface area contributed by atoms with Crippen LogP contribution in [0, 0.1) is 0 Å². The van der Waals surface area contributed by atoms with Gasteiger partial charge in [-0.05, 0) is 24.0 Å². The highest BCUT2D eigenvalue weighted by molar-refractivity contribution is 8.76.